The van der Waals surface area contributed by atoms with E-state index in [1.165, 1.54) is 13.3 Å². The molecule has 0 aliphatic heterocycles. The van der Waals surface area contributed by atoms with Crippen LogP contribution in [0.25, 0.3) is 5.69 Å². The zero-order chi connectivity index (χ0) is 18.0. The topological polar surface area (TPSA) is 89.9 Å². The third kappa shape index (κ3) is 3.35. The van der Waals surface area contributed by atoms with Crippen molar-refractivity contribution in [2.45, 2.75) is 20.8 Å². The van der Waals surface area contributed by atoms with Gasteiger partial charge < -0.3 is 9.72 Å². The number of carbonyl (C=O) groups excluding carboxylic acids is 2. The molecule has 0 saturated carbocycles. The van der Waals surface area contributed by atoms with E-state index < -0.39 is 0 Å². The van der Waals surface area contributed by atoms with Crippen molar-refractivity contribution in [2.24, 2.45) is 0 Å². The highest BCUT2D eigenvalue weighted by Gasteiger charge is 2.20. The third-order valence-corrected chi connectivity index (χ3v) is 3.94. The molecule has 7 heteroatoms. The Bertz CT molecular complexity index is 926. The van der Waals surface area contributed by atoms with Gasteiger partial charge >= 0.3 is 0 Å². The molecule has 0 amide bonds. The molecule has 0 saturated heterocycles. The van der Waals surface area contributed by atoms with E-state index in [1.807, 2.05) is 12.1 Å². The predicted octanol–water partition coefficient (Wildman–Crippen LogP) is 2.68. The zero-order valence-corrected chi connectivity index (χ0v) is 14.2. The highest BCUT2D eigenvalue weighted by atomic mass is 16.5. The monoisotopic (exact) mass is 338 g/mol. The van der Waals surface area contributed by atoms with Gasteiger partial charge in [-0.3, -0.25) is 9.59 Å². The SMILES string of the molecule is CC(=O)c1c(C)[nH]c(C(=O)COc2cccc(-n3cncn3)c2)c1C. The lowest BCUT2D eigenvalue weighted by molar-refractivity contribution is 0.0916. The van der Waals surface area contributed by atoms with Crippen LogP contribution in [0.1, 0.15) is 39.0 Å². The molecule has 1 aromatic carbocycles. The summed E-state index contributed by atoms with van der Waals surface area (Å²) in [6, 6.07) is 7.22. The van der Waals surface area contributed by atoms with Crippen molar-refractivity contribution in [1.82, 2.24) is 19.7 Å². The number of H-pyrrole nitrogens is 1. The Balaban J connectivity index is 1.74. The number of hydrogen-bond acceptors (Lipinski definition) is 5. The molecule has 0 atom stereocenters. The number of carbonyl (C=O) groups is 2. The summed E-state index contributed by atoms with van der Waals surface area (Å²) in [5, 5.41) is 4.06. The molecule has 3 rings (SSSR count). The molecule has 2 aromatic heterocycles. The molecule has 0 bridgehead atoms. The van der Waals surface area contributed by atoms with Crippen LogP contribution >= 0.6 is 0 Å². The highest BCUT2D eigenvalue weighted by molar-refractivity contribution is 6.03. The van der Waals surface area contributed by atoms with E-state index in [-0.39, 0.29) is 18.2 Å². The lowest BCUT2D eigenvalue weighted by Crippen LogP contribution is -2.13. The summed E-state index contributed by atoms with van der Waals surface area (Å²) < 4.78 is 7.21. The minimum atomic E-state index is -0.209. The Hall–Kier alpha value is -3.22. The number of aromatic nitrogens is 4. The summed E-state index contributed by atoms with van der Waals surface area (Å²) in [5.74, 6) is 0.278. The average Bonchev–Trinajstić information content (AvgIpc) is 3.21. The van der Waals surface area contributed by atoms with E-state index in [0.717, 1.165) is 5.69 Å². The van der Waals surface area contributed by atoms with Crippen LogP contribution in [0.4, 0.5) is 0 Å². The van der Waals surface area contributed by atoms with Crippen molar-refractivity contribution >= 4 is 11.6 Å². The molecule has 0 fully saturated rings. The first-order chi connectivity index (χ1) is 12.0. The molecule has 1 N–H and O–H groups in total. The van der Waals surface area contributed by atoms with Gasteiger partial charge in [0.1, 0.15) is 18.4 Å². The van der Waals surface area contributed by atoms with Gasteiger partial charge in [-0.05, 0) is 38.5 Å². The number of nitrogens with one attached hydrogen (secondary N) is 1. The Morgan fingerprint density at radius 3 is 2.72 bits per heavy atom. The summed E-state index contributed by atoms with van der Waals surface area (Å²) in [6.45, 7) is 4.91. The molecule has 3 aromatic rings. The molecule has 0 unspecified atom stereocenters. The molecule has 0 spiro atoms. The normalized spacial score (nSPS) is 10.7. The van der Waals surface area contributed by atoms with Gasteiger partial charge in [0.15, 0.2) is 12.4 Å². The molecule has 2 heterocycles. The minimum absolute atomic E-state index is 0.0632. The molecule has 25 heavy (non-hydrogen) atoms. The molecule has 7 nitrogen and oxygen atoms in total. The van der Waals surface area contributed by atoms with E-state index in [2.05, 4.69) is 15.1 Å². The Morgan fingerprint density at radius 1 is 1.28 bits per heavy atom. The fraction of sp³-hybridized carbons (Fsp3) is 0.222. The van der Waals surface area contributed by atoms with Crippen molar-refractivity contribution in [2.75, 3.05) is 6.61 Å². The zero-order valence-electron chi connectivity index (χ0n) is 14.2. The molecule has 0 aliphatic carbocycles. The molecule has 0 aliphatic rings. The van der Waals surface area contributed by atoms with Crippen molar-refractivity contribution < 1.29 is 14.3 Å². The van der Waals surface area contributed by atoms with Gasteiger partial charge in [0.05, 0.1) is 11.4 Å². The van der Waals surface area contributed by atoms with Crippen LogP contribution in [0.15, 0.2) is 36.9 Å². The van der Waals surface area contributed by atoms with Crippen LogP contribution in [-0.4, -0.2) is 37.9 Å². The lowest BCUT2D eigenvalue weighted by atomic mass is 10.1. The van der Waals surface area contributed by atoms with E-state index in [1.54, 1.807) is 37.0 Å². The summed E-state index contributed by atoms with van der Waals surface area (Å²) >= 11 is 0. The number of ketones is 2. The molecular formula is C18H18N4O3. The largest absolute Gasteiger partial charge is 0.485 e. The quantitative estimate of drug-likeness (QED) is 0.698. The summed E-state index contributed by atoms with van der Waals surface area (Å²) in [7, 11) is 0. The first-order valence-electron chi connectivity index (χ1n) is 7.78. The van der Waals surface area contributed by atoms with Crippen LogP contribution in [-0.2, 0) is 0 Å². The molecule has 0 radical (unpaired) electrons. The van der Waals surface area contributed by atoms with Crippen LogP contribution in [0.2, 0.25) is 0 Å². The second-order valence-electron chi connectivity index (χ2n) is 5.73. The Kier molecular flexibility index (Phi) is 4.47. The van der Waals surface area contributed by atoms with Crippen molar-refractivity contribution in [1.29, 1.82) is 0 Å². The second-order valence-corrected chi connectivity index (χ2v) is 5.73. The van der Waals surface area contributed by atoms with Gasteiger partial charge in [-0.25, -0.2) is 9.67 Å². The van der Waals surface area contributed by atoms with Crippen molar-refractivity contribution in [3.63, 3.8) is 0 Å². The Morgan fingerprint density at radius 2 is 2.08 bits per heavy atom. The maximum atomic E-state index is 12.4. The maximum absolute atomic E-state index is 12.4. The van der Waals surface area contributed by atoms with E-state index >= 15 is 0 Å². The fourth-order valence-electron chi connectivity index (χ4n) is 2.84. The van der Waals surface area contributed by atoms with Gasteiger partial charge in [-0.15, -0.1) is 0 Å². The Labute approximate surface area is 144 Å². The first kappa shape index (κ1) is 16.6. The number of aromatic amines is 1. The number of aryl methyl sites for hydroxylation is 1. The standard InChI is InChI=1S/C18H18N4O3/c1-11-17(13(3)23)12(2)21-18(11)16(24)8-25-15-6-4-5-14(7-15)22-10-19-9-20-22/h4-7,9-10,21H,8H2,1-3H3. The van der Waals surface area contributed by atoms with Crippen molar-refractivity contribution in [3.05, 3.63) is 59.4 Å². The number of nitrogens with zero attached hydrogens (tertiary/aromatic N) is 3. The molecular weight excluding hydrogens is 320 g/mol. The van der Waals surface area contributed by atoms with Crippen molar-refractivity contribution in [3.8, 4) is 11.4 Å². The highest BCUT2D eigenvalue weighted by Crippen LogP contribution is 2.20. The van der Waals surface area contributed by atoms with Gasteiger partial charge in [0, 0.05) is 17.3 Å². The van der Waals surface area contributed by atoms with Crippen LogP contribution in [0.3, 0.4) is 0 Å². The van der Waals surface area contributed by atoms with Gasteiger partial charge in [0.25, 0.3) is 0 Å². The van der Waals surface area contributed by atoms with E-state index in [4.69, 9.17) is 4.74 Å². The number of ether oxygens (including phenoxy) is 1. The fourth-order valence-corrected chi connectivity index (χ4v) is 2.84. The summed E-state index contributed by atoms with van der Waals surface area (Å²) in [5.41, 5.74) is 3.12. The second kappa shape index (κ2) is 6.72. The number of Topliss-reactive ketones (excluding diaryl/α,β-unsaturated/α-hetero) is 2. The van der Waals surface area contributed by atoms with Crippen LogP contribution < -0.4 is 4.74 Å². The maximum Gasteiger partial charge on any atom is 0.216 e. The predicted molar refractivity (Wildman–Crippen MR) is 91.5 cm³/mol. The van der Waals surface area contributed by atoms with E-state index in [0.29, 0.717) is 28.3 Å². The van der Waals surface area contributed by atoms with Gasteiger partial charge in [-0.2, -0.15) is 5.10 Å². The van der Waals surface area contributed by atoms with Crippen LogP contribution in [0, 0.1) is 13.8 Å². The average molecular weight is 338 g/mol. The summed E-state index contributed by atoms with van der Waals surface area (Å²) in [4.78, 5) is 31.0. The third-order valence-electron chi connectivity index (χ3n) is 3.94. The van der Waals surface area contributed by atoms with Crippen LogP contribution in [0.5, 0.6) is 5.75 Å². The smallest absolute Gasteiger partial charge is 0.216 e. The lowest BCUT2D eigenvalue weighted by Gasteiger charge is -2.07. The minimum Gasteiger partial charge on any atom is -0.485 e. The first-order valence-corrected chi connectivity index (χ1v) is 7.78. The molecule has 128 valence electrons. The van der Waals surface area contributed by atoms with Gasteiger partial charge in [0.2, 0.25) is 5.78 Å². The number of benzene rings is 1. The van der Waals surface area contributed by atoms with Gasteiger partial charge in [-0.1, -0.05) is 6.07 Å². The summed E-state index contributed by atoms with van der Waals surface area (Å²) in [6.07, 6.45) is 3.03. The number of hydrogen-bond donors (Lipinski definition) is 1. The van der Waals surface area contributed by atoms with E-state index in [9.17, 15) is 9.59 Å². The number of rotatable bonds is 6.